The molecule has 3 nitrogen and oxygen atoms in total. The van der Waals surface area contributed by atoms with E-state index in [-0.39, 0.29) is 24.9 Å². The van der Waals surface area contributed by atoms with Gasteiger partial charge in [0.15, 0.2) is 0 Å². The number of nitrogens with zero attached hydrogens (tertiary/aromatic N) is 1. The van der Waals surface area contributed by atoms with Crippen LogP contribution in [0.25, 0.3) is 0 Å². The van der Waals surface area contributed by atoms with Gasteiger partial charge in [-0.3, -0.25) is 4.79 Å². The van der Waals surface area contributed by atoms with E-state index in [1.807, 2.05) is 0 Å². The van der Waals surface area contributed by atoms with Crippen LogP contribution >= 0.6 is 0 Å². The number of alkyl halides is 3. The lowest BCUT2D eigenvalue weighted by atomic mass is 9.79. The van der Waals surface area contributed by atoms with Gasteiger partial charge in [-0.25, -0.2) is 0 Å². The molecule has 1 aliphatic carbocycles. The Bertz CT molecular complexity index is 313. The number of unbranched alkanes of at least 4 members (excludes halogenated alkanes) is 1. The van der Waals surface area contributed by atoms with Gasteiger partial charge in [0, 0.05) is 19.0 Å². The lowest BCUT2D eigenvalue weighted by Gasteiger charge is -2.32. The monoisotopic (exact) mass is 308 g/mol. The van der Waals surface area contributed by atoms with Crippen molar-refractivity contribution in [3.05, 3.63) is 0 Å². The van der Waals surface area contributed by atoms with Crippen molar-refractivity contribution in [2.45, 2.75) is 58.0 Å². The molecule has 0 unspecified atom stereocenters. The zero-order chi connectivity index (χ0) is 15.9. The largest absolute Gasteiger partial charge is 0.406 e. The molecule has 1 amide bonds. The number of carbonyl (C=O) groups is 1. The van der Waals surface area contributed by atoms with E-state index in [2.05, 4.69) is 6.92 Å². The van der Waals surface area contributed by atoms with E-state index in [1.165, 1.54) is 12.8 Å². The van der Waals surface area contributed by atoms with Crippen molar-refractivity contribution < 1.29 is 18.0 Å². The van der Waals surface area contributed by atoms with Gasteiger partial charge < -0.3 is 10.6 Å². The van der Waals surface area contributed by atoms with Gasteiger partial charge in [0.1, 0.15) is 6.54 Å². The summed E-state index contributed by atoms with van der Waals surface area (Å²) in [7, 11) is 0. The molecule has 0 bridgehead atoms. The van der Waals surface area contributed by atoms with E-state index in [0.717, 1.165) is 24.2 Å². The van der Waals surface area contributed by atoms with Crippen LogP contribution in [0.4, 0.5) is 13.2 Å². The highest BCUT2D eigenvalue weighted by molar-refractivity contribution is 5.79. The Morgan fingerprint density at radius 1 is 1.24 bits per heavy atom. The highest BCUT2D eigenvalue weighted by atomic mass is 19.4. The molecule has 0 spiro atoms. The first-order valence-corrected chi connectivity index (χ1v) is 7.93. The summed E-state index contributed by atoms with van der Waals surface area (Å²) in [5.74, 6) is 0.0167. The Kier molecular flexibility index (Phi) is 7.49. The van der Waals surface area contributed by atoms with Gasteiger partial charge in [0.25, 0.3) is 0 Å². The Balaban J connectivity index is 2.49. The average molecular weight is 308 g/mol. The number of amides is 1. The number of rotatable bonds is 7. The average Bonchev–Trinajstić information content (AvgIpc) is 2.43. The van der Waals surface area contributed by atoms with Gasteiger partial charge in [-0.15, -0.1) is 0 Å². The van der Waals surface area contributed by atoms with E-state index in [0.29, 0.717) is 18.8 Å². The molecule has 1 rings (SSSR count). The smallest absolute Gasteiger partial charge is 0.332 e. The molecule has 2 N–H and O–H groups in total. The summed E-state index contributed by atoms with van der Waals surface area (Å²) in [5, 5.41) is 0. The van der Waals surface area contributed by atoms with E-state index >= 15 is 0 Å². The van der Waals surface area contributed by atoms with Crippen molar-refractivity contribution in [3.8, 4) is 0 Å². The molecular weight excluding hydrogens is 281 g/mol. The van der Waals surface area contributed by atoms with Crippen LogP contribution in [0.1, 0.15) is 51.9 Å². The SMILES string of the molecule is CCCCC1CCC(C(=O)N(CCN)CC(F)(F)F)CC1. The van der Waals surface area contributed by atoms with Crippen LogP contribution in [0.3, 0.4) is 0 Å². The fourth-order valence-electron chi connectivity index (χ4n) is 3.09. The van der Waals surface area contributed by atoms with Crippen molar-refractivity contribution in [1.82, 2.24) is 4.90 Å². The zero-order valence-electron chi connectivity index (χ0n) is 12.8. The Morgan fingerprint density at radius 3 is 2.33 bits per heavy atom. The van der Waals surface area contributed by atoms with Crippen LogP contribution < -0.4 is 5.73 Å². The molecular formula is C15H27F3N2O. The van der Waals surface area contributed by atoms with Crippen LogP contribution in [-0.2, 0) is 4.79 Å². The predicted molar refractivity (Wildman–Crippen MR) is 76.7 cm³/mol. The van der Waals surface area contributed by atoms with Gasteiger partial charge in [0.2, 0.25) is 5.91 Å². The van der Waals surface area contributed by atoms with Gasteiger partial charge in [-0.2, -0.15) is 13.2 Å². The first-order chi connectivity index (χ1) is 9.87. The second kappa shape index (κ2) is 8.61. The molecule has 1 saturated carbocycles. The Hall–Kier alpha value is -0.780. The lowest BCUT2D eigenvalue weighted by molar-refractivity contribution is -0.164. The first-order valence-electron chi connectivity index (χ1n) is 7.93. The minimum absolute atomic E-state index is 0.0197. The summed E-state index contributed by atoms with van der Waals surface area (Å²) < 4.78 is 37.6. The minimum atomic E-state index is -4.36. The molecule has 0 heterocycles. The second-order valence-corrected chi connectivity index (χ2v) is 6.02. The van der Waals surface area contributed by atoms with Crippen LogP contribution in [0.15, 0.2) is 0 Å². The molecule has 0 saturated heterocycles. The molecule has 0 aromatic heterocycles. The van der Waals surface area contributed by atoms with Crippen LogP contribution in [0, 0.1) is 11.8 Å². The third kappa shape index (κ3) is 6.68. The molecule has 0 aromatic carbocycles. The quantitative estimate of drug-likeness (QED) is 0.784. The van der Waals surface area contributed by atoms with Crippen molar-refractivity contribution in [3.63, 3.8) is 0 Å². The molecule has 124 valence electrons. The molecule has 0 aliphatic heterocycles. The first kappa shape index (κ1) is 18.3. The number of halogens is 3. The molecule has 0 radical (unpaired) electrons. The number of hydrogen-bond acceptors (Lipinski definition) is 2. The summed E-state index contributed by atoms with van der Waals surface area (Å²) in [4.78, 5) is 13.1. The topological polar surface area (TPSA) is 46.3 Å². The Labute approximate surface area is 125 Å². The maximum Gasteiger partial charge on any atom is 0.406 e. The number of nitrogens with two attached hydrogens (primary N) is 1. The second-order valence-electron chi connectivity index (χ2n) is 6.02. The van der Waals surface area contributed by atoms with E-state index in [9.17, 15) is 18.0 Å². The number of hydrogen-bond donors (Lipinski definition) is 1. The minimum Gasteiger partial charge on any atom is -0.332 e. The van der Waals surface area contributed by atoms with Crippen LogP contribution in [0.2, 0.25) is 0 Å². The van der Waals surface area contributed by atoms with Gasteiger partial charge in [0.05, 0.1) is 0 Å². The van der Waals surface area contributed by atoms with Crippen LogP contribution in [0.5, 0.6) is 0 Å². The van der Waals surface area contributed by atoms with Crippen LogP contribution in [-0.4, -0.2) is 36.6 Å². The molecule has 21 heavy (non-hydrogen) atoms. The molecule has 0 aromatic rings. The van der Waals surface area contributed by atoms with Crippen molar-refractivity contribution in [2.75, 3.05) is 19.6 Å². The highest BCUT2D eigenvalue weighted by Crippen LogP contribution is 2.33. The summed E-state index contributed by atoms with van der Waals surface area (Å²) in [6.45, 7) is 1.01. The molecule has 1 aliphatic rings. The summed E-state index contributed by atoms with van der Waals surface area (Å²) in [6.07, 6.45) is 2.51. The number of carbonyl (C=O) groups excluding carboxylic acids is 1. The summed E-state index contributed by atoms with van der Waals surface area (Å²) in [6, 6.07) is 0. The third-order valence-corrected chi connectivity index (χ3v) is 4.24. The molecule has 1 fully saturated rings. The summed E-state index contributed by atoms with van der Waals surface area (Å²) >= 11 is 0. The lowest BCUT2D eigenvalue weighted by Crippen LogP contribution is -2.45. The fraction of sp³-hybridized carbons (Fsp3) is 0.933. The van der Waals surface area contributed by atoms with Crippen molar-refractivity contribution in [1.29, 1.82) is 0 Å². The van der Waals surface area contributed by atoms with Gasteiger partial charge >= 0.3 is 6.18 Å². The van der Waals surface area contributed by atoms with Gasteiger partial charge in [-0.05, 0) is 31.6 Å². The third-order valence-electron chi connectivity index (χ3n) is 4.24. The fourth-order valence-corrected chi connectivity index (χ4v) is 3.09. The van der Waals surface area contributed by atoms with E-state index in [1.54, 1.807) is 0 Å². The van der Waals surface area contributed by atoms with Crippen molar-refractivity contribution >= 4 is 5.91 Å². The van der Waals surface area contributed by atoms with E-state index in [4.69, 9.17) is 5.73 Å². The zero-order valence-corrected chi connectivity index (χ0v) is 12.8. The molecule has 6 heteroatoms. The maximum absolute atomic E-state index is 12.5. The van der Waals surface area contributed by atoms with E-state index < -0.39 is 12.7 Å². The Morgan fingerprint density at radius 2 is 1.86 bits per heavy atom. The van der Waals surface area contributed by atoms with Gasteiger partial charge in [-0.1, -0.05) is 26.2 Å². The highest BCUT2D eigenvalue weighted by Gasteiger charge is 2.36. The van der Waals surface area contributed by atoms with Crippen molar-refractivity contribution in [2.24, 2.45) is 17.6 Å². The maximum atomic E-state index is 12.5. The standard InChI is InChI=1S/C15H27F3N2O/c1-2-3-4-12-5-7-13(8-6-12)14(21)20(10-9-19)11-15(16,17)18/h12-13H,2-11,19H2,1H3. The summed E-state index contributed by atoms with van der Waals surface area (Å²) in [5.41, 5.74) is 5.33. The normalized spacial score (nSPS) is 23.1. The molecule has 0 atom stereocenters. The predicted octanol–water partition coefficient (Wildman–Crippen LogP) is 3.33.